The highest BCUT2D eigenvalue weighted by molar-refractivity contribution is 7.19. The third kappa shape index (κ3) is 4.52. The molecule has 0 unspecified atom stereocenters. The number of thiophene rings is 1. The molecule has 11 aromatic rings. The molecule has 0 atom stereocenters. The first-order valence-electron chi connectivity index (χ1n) is 20.1. The zero-order chi connectivity index (χ0) is 38.7. The first-order chi connectivity index (χ1) is 29.3. The van der Waals surface area contributed by atoms with Crippen molar-refractivity contribution in [2.75, 3.05) is 4.90 Å². The molecule has 59 heavy (non-hydrogen) atoms. The molecule has 1 spiro atoms. The van der Waals surface area contributed by atoms with Crippen LogP contribution in [0.4, 0.5) is 17.1 Å². The van der Waals surface area contributed by atoms with Crippen LogP contribution in [0.1, 0.15) is 21.6 Å². The Labute approximate surface area is 344 Å². The second-order valence-corrected chi connectivity index (χ2v) is 16.6. The summed E-state index contributed by atoms with van der Waals surface area (Å²) in [5.74, 6) is 1.82. The second-order valence-electron chi connectivity index (χ2n) is 15.5. The van der Waals surface area contributed by atoms with Crippen LogP contribution in [-0.4, -0.2) is 0 Å². The summed E-state index contributed by atoms with van der Waals surface area (Å²) in [4.78, 5) is 3.60. The Bertz CT molecular complexity index is 3450. The van der Waals surface area contributed by atoms with Gasteiger partial charge in [-0.25, -0.2) is 0 Å². The quantitative estimate of drug-likeness (QED) is 0.178. The van der Waals surface area contributed by atoms with Gasteiger partial charge in [-0.1, -0.05) is 146 Å². The lowest BCUT2D eigenvalue weighted by atomic mass is 9.69. The van der Waals surface area contributed by atoms with E-state index < -0.39 is 5.41 Å². The van der Waals surface area contributed by atoms with Crippen molar-refractivity contribution in [2.45, 2.75) is 5.41 Å². The summed E-state index contributed by atoms with van der Waals surface area (Å²) < 4.78 is 14.7. The molecule has 2 aliphatic rings. The number of anilines is 3. The molecule has 3 heterocycles. The van der Waals surface area contributed by atoms with E-state index in [-0.39, 0.29) is 0 Å². The molecule has 0 saturated heterocycles. The van der Waals surface area contributed by atoms with E-state index in [4.69, 9.17) is 9.15 Å². The summed E-state index contributed by atoms with van der Waals surface area (Å²) in [7, 11) is 0. The van der Waals surface area contributed by atoms with Crippen molar-refractivity contribution in [3.8, 4) is 33.8 Å². The van der Waals surface area contributed by atoms with E-state index >= 15 is 0 Å². The Balaban J connectivity index is 1.05. The monoisotopic (exact) mass is 771 g/mol. The summed E-state index contributed by atoms with van der Waals surface area (Å²) in [6.45, 7) is 0. The highest BCUT2D eigenvalue weighted by Crippen LogP contribution is 2.65. The van der Waals surface area contributed by atoms with Gasteiger partial charge in [0.25, 0.3) is 0 Å². The highest BCUT2D eigenvalue weighted by Gasteiger charge is 2.52. The fourth-order valence-electron chi connectivity index (χ4n) is 10.1. The topological polar surface area (TPSA) is 25.6 Å². The van der Waals surface area contributed by atoms with Gasteiger partial charge in [-0.3, -0.25) is 0 Å². The van der Waals surface area contributed by atoms with Gasteiger partial charge < -0.3 is 14.1 Å². The van der Waals surface area contributed by atoms with E-state index in [1.54, 1.807) is 0 Å². The molecule has 0 saturated carbocycles. The van der Waals surface area contributed by atoms with Gasteiger partial charge in [0.15, 0.2) is 5.75 Å². The molecule has 1 aliphatic heterocycles. The second kappa shape index (κ2) is 12.3. The van der Waals surface area contributed by atoms with Gasteiger partial charge in [-0.15, -0.1) is 11.3 Å². The number of nitrogens with zero attached hydrogens (tertiary/aromatic N) is 1. The summed E-state index contributed by atoms with van der Waals surface area (Å²) >= 11 is 1.85. The minimum atomic E-state index is -0.500. The first kappa shape index (κ1) is 32.7. The number of furan rings is 1. The third-order valence-electron chi connectivity index (χ3n) is 12.5. The minimum absolute atomic E-state index is 0.500. The van der Waals surface area contributed by atoms with E-state index in [0.717, 1.165) is 55.9 Å². The molecule has 3 nitrogen and oxygen atoms in total. The van der Waals surface area contributed by atoms with Crippen LogP contribution in [0.3, 0.4) is 0 Å². The van der Waals surface area contributed by atoms with Crippen LogP contribution >= 0.6 is 11.3 Å². The maximum Gasteiger partial charge on any atom is 0.150 e. The maximum atomic E-state index is 7.09. The van der Waals surface area contributed by atoms with Crippen molar-refractivity contribution in [1.82, 2.24) is 0 Å². The van der Waals surface area contributed by atoms with Crippen molar-refractivity contribution in [3.05, 3.63) is 222 Å². The summed E-state index contributed by atoms with van der Waals surface area (Å²) in [5.41, 5.74) is 13.1. The molecule has 13 rings (SSSR count). The summed E-state index contributed by atoms with van der Waals surface area (Å²) in [6.07, 6.45) is 0. The molecule has 0 fully saturated rings. The lowest BCUT2D eigenvalue weighted by Gasteiger charge is -2.37. The molecule has 4 heteroatoms. The van der Waals surface area contributed by atoms with Crippen molar-refractivity contribution >= 4 is 71.2 Å². The Kier molecular flexibility index (Phi) is 6.81. The molecule has 0 radical (unpaired) electrons. The first-order valence-corrected chi connectivity index (χ1v) is 20.9. The molecule has 1 aliphatic carbocycles. The zero-order valence-electron chi connectivity index (χ0n) is 31.7. The molecular weight excluding hydrogens is 739 g/mol. The third-order valence-corrected chi connectivity index (χ3v) is 13.8. The van der Waals surface area contributed by atoms with Gasteiger partial charge in [0.05, 0.1) is 21.4 Å². The van der Waals surface area contributed by atoms with Crippen LogP contribution in [-0.2, 0) is 5.41 Å². The van der Waals surface area contributed by atoms with Crippen LogP contribution in [0.2, 0.25) is 0 Å². The number of rotatable bonds is 4. The van der Waals surface area contributed by atoms with Gasteiger partial charge in [0.2, 0.25) is 0 Å². The van der Waals surface area contributed by atoms with Crippen LogP contribution in [0.25, 0.3) is 65.1 Å². The average Bonchev–Trinajstić information content (AvgIpc) is 3.96. The maximum absolute atomic E-state index is 7.09. The van der Waals surface area contributed by atoms with E-state index in [1.807, 2.05) is 17.4 Å². The van der Waals surface area contributed by atoms with Crippen LogP contribution in [0.5, 0.6) is 11.5 Å². The van der Waals surface area contributed by atoms with Crippen molar-refractivity contribution in [2.24, 2.45) is 0 Å². The van der Waals surface area contributed by atoms with Gasteiger partial charge in [0, 0.05) is 32.4 Å². The molecule has 276 valence electrons. The lowest BCUT2D eigenvalue weighted by molar-refractivity contribution is 0.447. The van der Waals surface area contributed by atoms with Crippen LogP contribution in [0, 0.1) is 0 Å². The molecular formula is C55H33NO2S. The fourth-order valence-corrected chi connectivity index (χ4v) is 11.4. The van der Waals surface area contributed by atoms with Crippen molar-refractivity contribution in [3.63, 3.8) is 0 Å². The predicted octanol–water partition coefficient (Wildman–Crippen LogP) is 15.6. The molecule has 9 aromatic carbocycles. The highest BCUT2D eigenvalue weighted by atomic mass is 32.1. The minimum Gasteiger partial charge on any atom is -0.456 e. The smallest absolute Gasteiger partial charge is 0.150 e. The van der Waals surface area contributed by atoms with Gasteiger partial charge in [-0.2, -0.15) is 0 Å². The SMILES string of the molecule is c1ccc2c(c1)Oc1c(sc3ccc(N(c4ccc(-c5cccc6ccccc56)cc4)c4cccc5oc6ccccc6c45)cc13)C21c2ccccc2-c2ccccc21. The largest absolute Gasteiger partial charge is 0.456 e. The predicted molar refractivity (Wildman–Crippen MR) is 244 cm³/mol. The fraction of sp³-hybridized carbons (Fsp3) is 0.0182. The molecule has 2 aromatic heterocycles. The Hall–Kier alpha value is -7.40. The number of fused-ring (bicyclic) bond motifs is 15. The van der Waals surface area contributed by atoms with Gasteiger partial charge in [-0.05, 0) is 98.8 Å². The van der Waals surface area contributed by atoms with Crippen LogP contribution < -0.4 is 9.64 Å². The van der Waals surface area contributed by atoms with Gasteiger partial charge >= 0.3 is 0 Å². The summed E-state index contributed by atoms with van der Waals surface area (Å²) in [5, 5.41) is 5.74. The number of hydrogen-bond acceptors (Lipinski definition) is 4. The Morgan fingerprint density at radius 3 is 1.92 bits per heavy atom. The Morgan fingerprint density at radius 2 is 1.08 bits per heavy atom. The molecule has 0 bridgehead atoms. The Morgan fingerprint density at radius 1 is 0.458 bits per heavy atom. The number of para-hydroxylation sites is 2. The van der Waals surface area contributed by atoms with E-state index in [9.17, 15) is 0 Å². The normalized spacial score (nSPS) is 13.4. The lowest BCUT2D eigenvalue weighted by Crippen LogP contribution is -2.30. The van der Waals surface area contributed by atoms with Gasteiger partial charge in [0.1, 0.15) is 16.9 Å². The van der Waals surface area contributed by atoms with Crippen molar-refractivity contribution in [1.29, 1.82) is 0 Å². The van der Waals surface area contributed by atoms with E-state index in [0.29, 0.717) is 0 Å². The zero-order valence-corrected chi connectivity index (χ0v) is 32.5. The summed E-state index contributed by atoms with van der Waals surface area (Å²) in [6, 6.07) is 72.2. The molecule has 0 amide bonds. The average molecular weight is 772 g/mol. The number of ether oxygens (including phenoxy) is 1. The number of hydrogen-bond donors (Lipinski definition) is 0. The van der Waals surface area contributed by atoms with E-state index in [1.165, 1.54) is 59.3 Å². The van der Waals surface area contributed by atoms with Crippen molar-refractivity contribution < 1.29 is 9.15 Å². The van der Waals surface area contributed by atoms with E-state index in [2.05, 4.69) is 199 Å². The van der Waals surface area contributed by atoms with Crippen LogP contribution in [0.15, 0.2) is 205 Å². The number of benzene rings is 9. The standard InChI is InChI=1S/C55H33NO2S/c1-2-15-38-34(13-1)14-11-19-39(38)35-27-29-36(30-28-35)56(47-23-12-26-50-52(47)42-18-5-9-24-48(42)57-50)37-31-32-51-43(33-37)53-54(59-51)55(46-22-8-10-25-49(46)58-53)44-20-6-3-16-40(44)41-17-4-7-21-45(41)55/h1-33H. The molecule has 0 N–H and O–H groups in total.